The molecule has 0 saturated carbocycles. The van der Waals surface area contributed by atoms with E-state index in [1.165, 1.54) is 38.8 Å². The van der Waals surface area contributed by atoms with Crippen molar-refractivity contribution in [2.45, 2.75) is 46.8 Å². The molecule has 39 heavy (non-hydrogen) atoms. The van der Waals surface area contributed by atoms with Gasteiger partial charge in [-0.05, 0) is 67.6 Å². The molecule has 1 heterocycles. The van der Waals surface area contributed by atoms with Crippen LogP contribution in [0.25, 0.3) is 22.0 Å². The lowest BCUT2D eigenvalue weighted by Gasteiger charge is -2.25. The number of hydrogen-bond donors (Lipinski definition) is 1. The number of rotatable bonds is 6. The minimum absolute atomic E-state index is 0.690. The predicted molar refractivity (Wildman–Crippen MR) is 147 cm³/mol. The number of aryl methyl sites for hydroxylation is 4. The lowest BCUT2D eigenvalue weighted by atomic mass is 9.92. The Balaban J connectivity index is 0.000000532. The van der Waals surface area contributed by atoms with E-state index in [0.29, 0.717) is 5.56 Å². The van der Waals surface area contributed by atoms with E-state index in [1.54, 1.807) is 0 Å². The molecule has 0 radical (unpaired) electrons. The minimum atomic E-state index is -5.08. The summed E-state index contributed by atoms with van der Waals surface area (Å²) in [4.78, 5) is 11.3. The molecule has 204 valence electrons. The van der Waals surface area contributed by atoms with Gasteiger partial charge in [0.05, 0.1) is 11.6 Å². The van der Waals surface area contributed by atoms with Crippen LogP contribution in [0, 0.1) is 32.1 Å². The third-order valence-corrected chi connectivity index (χ3v) is 6.27. The number of aromatic nitrogens is 2. The summed E-state index contributed by atoms with van der Waals surface area (Å²) in [5.74, 6) is -1.62. The summed E-state index contributed by atoms with van der Waals surface area (Å²) in [7, 11) is 2.04. The molecule has 0 unspecified atom stereocenters. The van der Waals surface area contributed by atoms with E-state index < -0.39 is 12.1 Å². The van der Waals surface area contributed by atoms with Crippen LogP contribution < -0.4 is 4.90 Å². The molecule has 0 saturated heterocycles. The number of aliphatic carboxylic acids is 1. The van der Waals surface area contributed by atoms with Gasteiger partial charge in [-0.3, -0.25) is 4.68 Å². The molecule has 6 nitrogen and oxygen atoms in total. The van der Waals surface area contributed by atoms with Crippen molar-refractivity contribution in [1.29, 1.82) is 5.26 Å². The molecule has 4 aromatic rings. The SMILES string of the molecule is CCCN(Cc1ccc(C#N)cc1)c1c2cccc(-c3c(C)cc(C)cc3C)c2nn1C.O=C(O)C(F)(F)F. The number of alkyl halides is 3. The number of hydrogen-bond acceptors (Lipinski definition) is 4. The van der Waals surface area contributed by atoms with Gasteiger partial charge in [0.25, 0.3) is 0 Å². The summed E-state index contributed by atoms with van der Waals surface area (Å²) in [5, 5.41) is 22.4. The Morgan fingerprint density at radius 3 is 2.18 bits per heavy atom. The van der Waals surface area contributed by atoms with E-state index in [9.17, 15) is 13.2 Å². The Hall–Kier alpha value is -4.32. The highest BCUT2D eigenvalue weighted by Gasteiger charge is 2.38. The van der Waals surface area contributed by atoms with Gasteiger partial charge in [-0.15, -0.1) is 0 Å². The summed E-state index contributed by atoms with van der Waals surface area (Å²) in [6.07, 6.45) is -4.04. The van der Waals surface area contributed by atoms with Gasteiger partial charge < -0.3 is 10.0 Å². The second-order valence-corrected chi connectivity index (χ2v) is 9.46. The topological polar surface area (TPSA) is 82.2 Å². The second-order valence-electron chi connectivity index (χ2n) is 9.46. The molecule has 0 aliphatic rings. The van der Waals surface area contributed by atoms with E-state index in [2.05, 4.69) is 69.0 Å². The van der Waals surface area contributed by atoms with Gasteiger partial charge in [-0.2, -0.15) is 23.5 Å². The van der Waals surface area contributed by atoms with Crippen LogP contribution >= 0.6 is 0 Å². The van der Waals surface area contributed by atoms with Gasteiger partial charge in [0.2, 0.25) is 0 Å². The van der Waals surface area contributed by atoms with Crippen molar-refractivity contribution >= 4 is 22.7 Å². The number of nitrogens with zero attached hydrogens (tertiary/aromatic N) is 4. The van der Waals surface area contributed by atoms with E-state index in [-0.39, 0.29) is 0 Å². The van der Waals surface area contributed by atoms with E-state index in [4.69, 9.17) is 20.3 Å². The second kappa shape index (κ2) is 12.0. The summed E-state index contributed by atoms with van der Waals surface area (Å²) in [6, 6.07) is 21.1. The highest BCUT2D eigenvalue weighted by molar-refractivity contribution is 6.01. The fraction of sp³-hybridized carbons (Fsp3) is 0.300. The van der Waals surface area contributed by atoms with Crippen molar-refractivity contribution in [2.24, 2.45) is 7.05 Å². The number of carboxylic acids is 1. The fourth-order valence-corrected chi connectivity index (χ4v) is 4.82. The Bertz CT molecular complexity index is 1490. The molecular weight excluding hydrogens is 505 g/mol. The first-order valence-electron chi connectivity index (χ1n) is 12.4. The molecular formula is C30H31F3N4O2. The monoisotopic (exact) mass is 536 g/mol. The number of nitriles is 1. The maximum Gasteiger partial charge on any atom is 0.490 e. The van der Waals surface area contributed by atoms with Gasteiger partial charge in [0, 0.05) is 31.1 Å². The molecule has 1 N–H and O–H groups in total. The number of fused-ring (bicyclic) bond motifs is 1. The van der Waals surface area contributed by atoms with Crippen LogP contribution in [-0.2, 0) is 18.4 Å². The van der Waals surface area contributed by atoms with Gasteiger partial charge in [0.1, 0.15) is 11.3 Å². The first kappa shape index (κ1) is 29.2. The minimum Gasteiger partial charge on any atom is -0.475 e. The number of benzene rings is 3. The average Bonchev–Trinajstić information content (AvgIpc) is 3.20. The van der Waals surface area contributed by atoms with Crippen LogP contribution in [0.1, 0.15) is 41.2 Å². The molecule has 3 aromatic carbocycles. The molecule has 0 spiro atoms. The van der Waals surface area contributed by atoms with Crippen molar-refractivity contribution in [1.82, 2.24) is 9.78 Å². The summed E-state index contributed by atoms with van der Waals surface area (Å²) in [5.41, 5.74) is 9.24. The quantitative estimate of drug-likeness (QED) is 0.285. The first-order valence-corrected chi connectivity index (χ1v) is 12.4. The third kappa shape index (κ3) is 6.77. The molecule has 1 aromatic heterocycles. The Morgan fingerprint density at radius 1 is 1.08 bits per heavy atom. The zero-order valence-electron chi connectivity index (χ0n) is 22.6. The van der Waals surface area contributed by atoms with E-state index in [1.807, 2.05) is 36.0 Å². The standard InChI is InChI=1S/C28H30N4.C2HF3O2/c1-6-14-32(18-23-12-10-22(17-29)11-13-23)28-25-9-7-8-24(27(25)30-31(28)5)26-20(3)15-19(2)16-21(26)4;3-2(4,5)1(6)7/h7-13,15-16H,6,14,18H2,1-5H3;(H,6,7). The number of carbonyl (C=O) groups is 1. The number of carboxylic acid groups (broad SMARTS) is 1. The van der Waals surface area contributed by atoms with Crippen molar-refractivity contribution in [3.8, 4) is 17.2 Å². The Labute approximate surface area is 225 Å². The highest BCUT2D eigenvalue weighted by atomic mass is 19.4. The van der Waals surface area contributed by atoms with E-state index in [0.717, 1.165) is 30.8 Å². The summed E-state index contributed by atoms with van der Waals surface area (Å²) >= 11 is 0. The molecule has 0 aliphatic carbocycles. The number of halogens is 3. The molecule has 0 amide bonds. The zero-order valence-corrected chi connectivity index (χ0v) is 22.6. The van der Waals surface area contributed by atoms with Crippen LogP contribution in [0.3, 0.4) is 0 Å². The molecule has 0 aliphatic heterocycles. The van der Waals surface area contributed by atoms with Crippen LogP contribution in [0.5, 0.6) is 0 Å². The van der Waals surface area contributed by atoms with Crippen molar-refractivity contribution < 1.29 is 23.1 Å². The van der Waals surface area contributed by atoms with Crippen LogP contribution in [0.4, 0.5) is 19.0 Å². The maximum atomic E-state index is 10.6. The normalized spacial score (nSPS) is 11.1. The largest absolute Gasteiger partial charge is 0.490 e. The molecule has 4 rings (SSSR count). The van der Waals surface area contributed by atoms with Crippen molar-refractivity contribution in [2.75, 3.05) is 11.4 Å². The van der Waals surface area contributed by atoms with E-state index >= 15 is 0 Å². The molecule has 0 fully saturated rings. The zero-order chi connectivity index (χ0) is 28.9. The smallest absolute Gasteiger partial charge is 0.475 e. The average molecular weight is 537 g/mol. The Morgan fingerprint density at radius 2 is 1.67 bits per heavy atom. The van der Waals surface area contributed by atoms with Crippen LogP contribution in [0.15, 0.2) is 54.6 Å². The fourth-order valence-electron chi connectivity index (χ4n) is 4.82. The van der Waals surface area contributed by atoms with Gasteiger partial charge >= 0.3 is 12.1 Å². The molecule has 0 atom stereocenters. The lowest BCUT2D eigenvalue weighted by Crippen LogP contribution is -2.25. The predicted octanol–water partition coefficient (Wildman–Crippen LogP) is 7.09. The third-order valence-electron chi connectivity index (χ3n) is 6.27. The van der Waals surface area contributed by atoms with Gasteiger partial charge in [0.15, 0.2) is 0 Å². The van der Waals surface area contributed by atoms with Crippen LogP contribution in [0.2, 0.25) is 0 Å². The first-order chi connectivity index (χ1) is 18.4. The van der Waals surface area contributed by atoms with Gasteiger partial charge in [-0.25, -0.2) is 4.79 Å². The molecule has 9 heteroatoms. The van der Waals surface area contributed by atoms with Crippen LogP contribution in [-0.4, -0.2) is 33.6 Å². The highest BCUT2D eigenvalue weighted by Crippen LogP contribution is 2.37. The van der Waals surface area contributed by atoms with Gasteiger partial charge in [-0.1, -0.05) is 48.9 Å². The summed E-state index contributed by atoms with van der Waals surface area (Å²) in [6.45, 7) is 10.4. The maximum absolute atomic E-state index is 10.6. The molecule has 0 bridgehead atoms. The number of anilines is 1. The lowest BCUT2D eigenvalue weighted by molar-refractivity contribution is -0.192. The van der Waals surface area contributed by atoms with Crippen molar-refractivity contribution in [3.05, 3.63) is 82.4 Å². The van der Waals surface area contributed by atoms with Crippen molar-refractivity contribution in [3.63, 3.8) is 0 Å². The Kier molecular flexibility index (Phi) is 9.02. The summed E-state index contributed by atoms with van der Waals surface area (Å²) < 4.78 is 33.8.